The molecule has 3 rings (SSSR count). The van der Waals surface area contributed by atoms with Crippen molar-refractivity contribution >= 4 is 23.2 Å². The Bertz CT molecular complexity index is 466. The molecule has 3 nitrogen and oxygen atoms in total. The number of halogens is 2. The lowest BCUT2D eigenvalue weighted by molar-refractivity contribution is -0.117. The first kappa shape index (κ1) is 14.6. The van der Waals surface area contributed by atoms with Crippen molar-refractivity contribution in [2.24, 2.45) is 5.92 Å². The standard InChI is InChI=1S/C15H18Cl2O3/c16-11-2-1-3-12(17)13(11)14(18)10-4-6-20-15(8-10)5-7-19-9-15/h1-3,10,14,18H,4-9H2. The highest BCUT2D eigenvalue weighted by Crippen LogP contribution is 2.43. The van der Waals surface area contributed by atoms with Gasteiger partial charge in [-0.2, -0.15) is 0 Å². The van der Waals surface area contributed by atoms with E-state index < -0.39 is 6.10 Å². The predicted molar refractivity (Wildman–Crippen MR) is 78.3 cm³/mol. The average Bonchev–Trinajstić information content (AvgIpc) is 2.86. The van der Waals surface area contributed by atoms with Crippen molar-refractivity contribution in [3.63, 3.8) is 0 Å². The van der Waals surface area contributed by atoms with Gasteiger partial charge in [-0.1, -0.05) is 29.3 Å². The van der Waals surface area contributed by atoms with E-state index in [4.69, 9.17) is 32.7 Å². The summed E-state index contributed by atoms with van der Waals surface area (Å²) in [5.41, 5.74) is 0.411. The summed E-state index contributed by atoms with van der Waals surface area (Å²) in [6.45, 7) is 2.00. The molecule has 0 bridgehead atoms. The van der Waals surface area contributed by atoms with Crippen molar-refractivity contribution in [1.29, 1.82) is 0 Å². The zero-order valence-electron chi connectivity index (χ0n) is 11.1. The molecule has 1 spiro atoms. The third-order valence-corrected chi connectivity index (χ3v) is 5.00. The third kappa shape index (κ3) is 2.70. The SMILES string of the molecule is OC(c1c(Cl)cccc1Cl)C1CCOC2(CCOC2)C1. The van der Waals surface area contributed by atoms with Crippen LogP contribution in [-0.4, -0.2) is 30.5 Å². The molecule has 0 aromatic heterocycles. The molecule has 0 amide bonds. The zero-order valence-corrected chi connectivity index (χ0v) is 12.7. The molecule has 20 heavy (non-hydrogen) atoms. The highest BCUT2D eigenvalue weighted by molar-refractivity contribution is 6.36. The number of aliphatic hydroxyl groups excluding tert-OH is 1. The summed E-state index contributed by atoms with van der Waals surface area (Å²) < 4.78 is 11.4. The second-order valence-corrected chi connectivity index (χ2v) is 6.48. The maximum atomic E-state index is 10.7. The second kappa shape index (κ2) is 5.82. The summed E-state index contributed by atoms with van der Waals surface area (Å²) >= 11 is 12.4. The Morgan fingerprint density at radius 2 is 2.00 bits per heavy atom. The van der Waals surface area contributed by atoms with Gasteiger partial charge in [-0.15, -0.1) is 0 Å². The van der Waals surface area contributed by atoms with Gasteiger partial charge in [-0.05, 0) is 30.9 Å². The van der Waals surface area contributed by atoms with E-state index in [2.05, 4.69) is 0 Å². The van der Waals surface area contributed by atoms with Crippen LogP contribution in [0.5, 0.6) is 0 Å². The highest BCUT2D eigenvalue weighted by Gasteiger charge is 2.43. The molecule has 1 aromatic carbocycles. The number of aliphatic hydroxyl groups is 1. The van der Waals surface area contributed by atoms with E-state index in [0.29, 0.717) is 28.8 Å². The van der Waals surface area contributed by atoms with Crippen molar-refractivity contribution < 1.29 is 14.6 Å². The lowest BCUT2D eigenvalue weighted by Gasteiger charge is -2.39. The van der Waals surface area contributed by atoms with Gasteiger partial charge in [0.2, 0.25) is 0 Å². The van der Waals surface area contributed by atoms with Gasteiger partial charge in [-0.25, -0.2) is 0 Å². The summed E-state index contributed by atoms with van der Waals surface area (Å²) in [6, 6.07) is 5.32. The fourth-order valence-electron chi connectivity index (χ4n) is 3.23. The molecule has 2 heterocycles. The highest BCUT2D eigenvalue weighted by atomic mass is 35.5. The minimum absolute atomic E-state index is 0.0999. The minimum Gasteiger partial charge on any atom is -0.388 e. The molecule has 3 unspecified atom stereocenters. The molecule has 2 fully saturated rings. The Balaban J connectivity index is 1.81. The van der Waals surface area contributed by atoms with E-state index in [1.165, 1.54) is 0 Å². The Morgan fingerprint density at radius 3 is 2.65 bits per heavy atom. The minimum atomic E-state index is -0.655. The molecule has 0 saturated carbocycles. The Kier molecular flexibility index (Phi) is 4.25. The molecular formula is C15H18Cl2O3. The van der Waals surface area contributed by atoms with Crippen molar-refractivity contribution in [3.05, 3.63) is 33.8 Å². The molecular weight excluding hydrogens is 299 g/mol. The first-order chi connectivity index (χ1) is 9.61. The van der Waals surface area contributed by atoms with E-state index in [1.807, 2.05) is 0 Å². The van der Waals surface area contributed by atoms with E-state index in [9.17, 15) is 5.11 Å². The lowest BCUT2D eigenvalue weighted by atomic mass is 9.80. The molecule has 0 aliphatic carbocycles. The second-order valence-electron chi connectivity index (χ2n) is 5.67. The summed E-state index contributed by atoms with van der Waals surface area (Å²) in [4.78, 5) is 0. The van der Waals surface area contributed by atoms with Crippen LogP contribution in [0.15, 0.2) is 18.2 Å². The zero-order chi connectivity index (χ0) is 14.2. The summed E-state index contributed by atoms with van der Waals surface area (Å²) in [5.74, 6) is 0.0999. The monoisotopic (exact) mass is 316 g/mol. The quantitative estimate of drug-likeness (QED) is 0.905. The van der Waals surface area contributed by atoms with Gasteiger partial charge in [0.1, 0.15) is 0 Å². The molecule has 110 valence electrons. The molecule has 5 heteroatoms. The van der Waals surface area contributed by atoms with Gasteiger partial charge in [0.25, 0.3) is 0 Å². The summed E-state index contributed by atoms with van der Waals surface area (Å²) in [5, 5.41) is 11.7. The fourth-order valence-corrected chi connectivity index (χ4v) is 3.85. The largest absolute Gasteiger partial charge is 0.388 e. The van der Waals surface area contributed by atoms with Crippen LogP contribution >= 0.6 is 23.2 Å². The average molecular weight is 317 g/mol. The Morgan fingerprint density at radius 1 is 1.25 bits per heavy atom. The lowest BCUT2D eigenvalue weighted by Crippen LogP contribution is -2.41. The van der Waals surface area contributed by atoms with Gasteiger partial charge >= 0.3 is 0 Å². The van der Waals surface area contributed by atoms with Crippen LogP contribution in [0.25, 0.3) is 0 Å². The van der Waals surface area contributed by atoms with Crippen LogP contribution in [-0.2, 0) is 9.47 Å². The van der Waals surface area contributed by atoms with Gasteiger partial charge in [-0.3, -0.25) is 0 Å². The predicted octanol–water partition coefficient (Wildman–Crippen LogP) is 3.61. The number of hydrogen-bond acceptors (Lipinski definition) is 3. The van der Waals surface area contributed by atoms with Crippen LogP contribution in [0.1, 0.15) is 30.9 Å². The van der Waals surface area contributed by atoms with Crippen molar-refractivity contribution in [2.75, 3.05) is 19.8 Å². The number of hydrogen-bond donors (Lipinski definition) is 1. The van der Waals surface area contributed by atoms with E-state index in [0.717, 1.165) is 25.9 Å². The maximum absolute atomic E-state index is 10.7. The molecule has 2 aliphatic rings. The number of ether oxygens (including phenoxy) is 2. The first-order valence-corrected chi connectivity index (χ1v) is 7.71. The maximum Gasteiger partial charge on any atom is 0.0940 e. The van der Waals surface area contributed by atoms with Crippen molar-refractivity contribution in [2.45, 2.75) is 31.0 Å². The van der Waals surface area contributed by atoms with Crippen LogP contribution in [0.2, 0.25) is 10.0 Å². The van der Waals surface area contributed by atoms with E-state index in [-0.39, 0.29) is 11.5 Å². The summed E-state index contributed by atoms with van der Waals surface area (Å²) in [6.07, 6.45) is 1.84. The summed E-state index contributed by atoms with van der Waals surface area (Å²) in [7, 11) is 0. The molecule has 2 aliphatic heterocycles. The van der Waals surface area contributed by atoms with Gasteiger partial charge in [0, 0.05) is 35.2 Å². The van der Waals surface area contributed by atoms with E-state index >= 15 is 0 Å². The molecule has 0 radical (unpaired) electrons. The normalized spacial score (nSPS) is 31.6. The van der Waals surface area contributed by atoms with Crippen molar-refractivity contribution in [1.82, 2.24) is 0 Å². The Labute approximate surface area is 128 Å². The van der Waals surface area contributed by atoms with Gasteiger partial charge in [0.05, 0.1) is 18.3 Å². The van der Waals surface area contributed by atoms with Crippen LogP contribution in [0, 0.1) is 5.92 Å². The smallest absolute Gasteiger partial charge is 0.0940 e. The topological polar surface area (TPSA) is 38.7 Å². The number of benzene rings is 1. The van der Waals surface area contributed by atoms with Crippen LogP contribution < -0.4 is 0 Å². The third-order valence-electron chi connectivity index (χ3n) is 4.34. The Hall–Kier alpha value is -0.320. The van der Waals surface area contributed by atoms with Crippen LogP contribution in [0.3, 0.4) is 0 Å². The molecule has 3 atom stereocenters. The fraction of sp³-hybridized carbons (Fsp3) is 0.600. The first-order valence-electron chi connectivity index (χ1n) is 6.95. The van der Waals surface area contributed by atoms with E-state index in [1.54, 1.807) is 18.2 Å². The van der Waals surface area contributed by atoms with Gasteiger partial charge < -0.3 is 14.6 Å². The molecule has 1 N–H and O–H groups in total. The van der Waals surface area contributed by atoms with Gasteiger partial charge in [0.15, 0.2) is 0 Å². The van der Waals surface area contributed by atoms with Crippen LogP contribution in [0.4, 0.5) is 0 Å². The molecule has 1 aromatic rings. The van der Waals surface area contributed by atoms with Crippen molar-refractivity contribution in [3.8, 4) is 0 Å². The number of rotatable bonds is 2. The molecule has 2 saturated heterocycles.